The van der Waals surface area contributed by atoms with Crippen molar-refractivity contribution in [2.45, 2.75) is 6.92 Å². The van der Waals surface area contributed by atoms with Gasteiger partial charge < -0.3 is 9.80 Å². The summed E-state index contributed by atoms with van der Waals surface area (Å²) in [6.07, 6.45) is 4.59. The number of halogens is 3. The topological polar surface area (TPSA) is 62.2 Å². The number of hydrogen-bond acceptors (Lipinski definition) is 5. The Morgan fingerprint density at radius 3 is 2.47 bits per heavy atom. The summed E-state index contributed by atoms with van der Waals surface area (Å²) in [5.41, 5.74) is 1.30. The van der Waals surface area contributed by atoms with Crippen molar-refractivity contribution in [3.8, 4) is 22.5 Å². The Morgan fingerprint density at radius 1 is 1.03 bits per heavy atom. The molecule has 30 heavy (non-hydrogen) atoms. The maximum atomic E-state index is 14.5. The maximum Gasteiger partial charge on any atom is 0.219 e. The number of anilines is 1. The van der Waals surface area contributed by atoms with Gasteiger partial charge in [0.15, 0.2) is 0 Å². The molecule has 0 aliphatic carbocycles. The normalized spacial score (nSPS) is 14.1. The predicted molar refractivity (Wildman–Crippen MR) is 110 cm³/mol. The molecule has 1 aliphatic heterocycles. The Kier molecular flexibility index (Phi) is 5.59. The van der Waals surface area contributed by atoms with E-state index in [1.807, 2.05) is 4.90 Å². The SMILES string of the molecule is CC(=O)N1CCN(c2cnc(-c3ccc(F)cc3F)c(-c3ccncc3Cl)n2)CC1. The number of pyridine rings is 1. The average molecular weight is 430 g/mol. The molecule has 0 N–H and O–H groups in total. The fraction of sp³-hybridized carbons (Fsp3) is 0.238. The zero-order valence-electron chi connectivity index (χ0n) is 16.1. The molecule has 3 aromatic rings. The average Bonchev–Trinajstić information content (AvgIpc) is 2.74. The molecule has 0 bridgehead atoms. The van der Waals surface area contributed by atoms with Crippen LogP contribution in [-0.2, 0) is 4.79 Å². The second-order valence-electron chi connectivity index (χ2n) is 6.90. The van der Waals surface area contributed by atoms with Gasteiger partial charge in [-0.25, -0.2) is 18.7 Å². The molecule has 1 aromatic carbocycles. The molecule has 1 fully saturated rings. The number of carbonyl (C=O) groups is 1. The molecule has 1 aliphatic rings. The smallest absolute Gasteiger partial charge is 0.219 e. The monoisotopic (exact) mass is 429 g/mol. The van der Waals surface area contributed by atoms with Crippen molar-refractivity contribution >= 4 is 23.3 Å². The van der Waals surface area contributed by atoms with E-state index < -0.39 is 11.6 Å². The number of rotatable bonds is 3. The Morgan fingerprint density at radius 2 is 1.80 bits per heavy atom. The maximum absolute atomic E-state index is 14.5. The van der Waals surface area contributed by atoms with Gasteiger partial charge in [0, 0.05) is 62.7 Å². The molecule has 1 saturated heterocycles. The summed E-state index contributed by atoms with van der Waals surface area (Å²) in [6.45, 7) is 3.91. The van der Waals surface area contributed by atoms with Gasteiger partial charge >= 0.3 is 0 Å². The number of carbonyl (C=O) groups excluding carboxylic acids is 1. The van der Waals surface area contributed by atoms with Crippen molar-refractivity contribution in [3.05, 3.63) is 59.5 Å². The van der Waals surface area contributed by atoms with Crippen molar-refractivity contribution < 1.29 is 13.6 Å². The van der Waals surface area contributed by atoms with E-state index in [4.69, 9.17) is 16.6 Å². The first-order valence-corrected chi connectivity index (χ1v) is 9.74. The van der Waals surface area contributed by atoms with Gasteiger partial charge in [0.1, 0.15) is 23.1 Å². The highest BCUT2D eigenvalue weighted by atomic mass is 35.5. The van der Waals surface area contributed by atoms with Gasteiger partial charge in [0.25, 0.3) is 0 Å². The highest BCUT2D eigenvalue weighted by Gasteiger charge is 2.23. The lowest BCUT2D eigenvalue weighted by molar-refractivity contribution is -0.129. The van der Waals surface area contributed by atoms with Crippen molar-refractivity contribution in [2.75, 3.05) is 31.1 Å². The molecule has 2 aromatic heterocycles. The third kappa shape index (κ3) is 3.95. The van der Waals surface area contributed by atoms with Crippen molar-refractivity contribution in [2.24, 2.45) is 0 Å². The number of nitrogens with zero attached hydrogens (tertiary/aromatic N) is 5. The summed E-state index contributed by atoms with van der Waals surface area (Å²) in [5.74, 6) is -0.786. The van der Waals surface area contributed by atoms with Crippen LogP contribution in [0.2, 0.25) is 5.02 Å². The summed E-state index contributed by atoms with van der Waals surface area (Å²) in [5, 5.41) is 0.342. The van der Waals surface area contributed by atoms with Crippen molar-refractivity contribution in [1.82, 2.24) is 19.9 Å². The van der Waals surface area contributed by atoms with E-state index in [0.29, 0.717) is 48.3 Å². The van der Waals surface area contributed by atoms with Crippen LogP contribution in [0.1, 0.15) is 6.92 Å². The number of aromatic nitrogens is 3. The van der Waals surface area contributed by atoms with Crippen LogP contribution in [-0.4, -0.2) is 51.9 Å². The third-order valence-electron chi connectivity index (χ3n) is 5.02. The lowest BCUT2D eigenvalue weighted by atomic mass is 10.0. The van der Waals surface area contributed by atoms with Crippen molar-refractivity contribution in [3.63, 3.8) is 0 Å². The van der Waals surface area contributed by atoms with Crippen LogP contribution >= 0.6 is 11.6 Å². The van der Waals surface area contributed by atoms with Crippen LogP contribution < -0.4 is 4.90 Å². The van der Waals surface area contributed by atoms with E-state index in [9.17, 15) is 13.6 Å². The van der Waals surface area contributed by atoms with E-state index in [1.165, 1.54) is 18.3 Å². The van der Waals surface area contributed by atoms with Gasteiger partial charge in [-0.1, -0.05) is 11.6 Å². The molecule has 0 radical (unpaired) electrons. The van der Waals surface area contributed by atoms with Crippen LogP contribution in [0, 0.1) is 11.6 Å². The predicted octanol–water partition coefficient (Wildman–Crippen LogP) is 3.81. The number of hydrogen-bond donors (Lipinski definition) is 0. The lowest BCUT2D eigenvalue weighted by Crippen LogP contribution is -2.48. The van der Waals surface area contributed by atoms with Gasteiger partial charge in [-0.15, -0.1) is 0 Å². The Labute approximate surface area is 177 Å². The van der Waals surface area contributed by atoms with E-state index in [0.717, 1.165) is 6.07 Å². The molecule has 154 valence electrons. The first kappa shape index (κ1) is 20.2. The first-order valence-electron chi connectivity index (χ1n) is 9.37. The Balaban J connectivity index is 1.78. The van der Waals surface area contributed by atoms with Gasteiger partial charge in [-0.05, 0) is 18.2 Å². The quantitative estimate of drug-likeness (QED) is 0.633. The number of amides is 1. The van der Waals surface area contributed by atoms with E-state index >= 15 is 0 Å². The van der Waals surface area contributed by atoms with Crippen LogP contribution in [0.4, 0.5) is 14.6 Å². The molecule has 4 rings (SSSR count). The molecule has 1 amide bonds. The minimum absolute atomic E-state index is 0.0344. The fourth-order valence-corrected chi connectivity index (χ4v) is 3.63. The van der Waals surface area contributed by atoms with E-state index in [-0.39, 0.29) is 17.2 Å². The fourth-order valence-electron chi connectivity index (χ4n) is 3.42. The highest BCUT2D eigenvalue weighted by Crippen LogP contribution is 2.35. The Hall–Kier alpha value is -3.13. The molecule has 0 atom stereocenters. The first-order chi connectivity index (χ1) is 14.4. The van der Waals surface area contributed by atoms with Crippen LogP contribution in [0.5, 0.6) is 0 Å². The zero-order valence-corrected chi connectivity index (χ0v) is 16.9. The summed E-state index contributed by atoms with van der Waals surface area (Å²) >= 11 is 6.33. The minimum atomic E-state index is -0.737. The molecule has 0 spiro atoms. The molecular formula is C21H18ClF2N5O. The Bertz CT molecular complexity index is 1100. The standard InChI is InChI=1S/C21H18ClF2N5O/c1-13(30)28-6-8-29(9-7-28)19-12-26-20(16-3-2-14(23)10-18(16)24)21(27-19)15-4-5-25-11-17(15)22/h2-5,10-12H,6-9H2,1H3. The molecule has 6 nitrogen and oxygen atoms in total. The van der Waals surface area contributed by atoms with Crippen LogP contribution in [0.15, 0.2) is 42.9 Å². The van der Waals surface area contributed by atoms with E-state index in [1.54, 1.807) is 30.3 Å². The largest absolute Gasteiger partial charge is 0.352 e. The summed E-state index contributed by atoms with van der Waals surface area (Å²) < 4.78 is 27.9. The van der Waals surface area contributed by atoms with Gasteiger partial charge in [-0.3, -0.25) is 9.78 Å². The molecule has 3 heterocycles. The van der Waals surface area contributed by atoms with Gasteiger partial charge in [0.2, 0.25) is 5.91 Å². The molecule has 0 unspecified atom stereocenters. The summed E-state index contributed by atoms with van der Waals surface area (Å²) in [7, 11) is 0. The van der Waals surface area contributed by atoms with Gasteiger partial charge in [-0.2, -0.15) is 0 Å². The number of piperazine rings is 1. The molecular weight excluding hydrogens is 412 g/mol. The third-order valence-corrected chi connectivity index (χ3v) is 5.32. The highest BCUT2D eigenvalue weighted by molar-refractivity contribution is 6.33. The zero-order chi connectivity index (χ0) is 21.3. The second kappa shape index (κ2) is 8.31. The van der Waals surface area contributed by atoms with Crippen LogP contribution in [0.3, 0.4) is 0 Å². The molecule has 0 saturated carbocycles. The lowest BCUT2D eigenvalue weighted by Gasteiger charge is -2.35. The minimum Gasteiger partial charge on any atom is -0.352 e. The van der Waals surface area contributed by atoms with E-state index in [2.05, 4.69) is 9.97 Å². The van der Waals surface area contributed by atoms with Gasteiger partial charge in [0.05, 0.1) is 16.9 Å². The summed E-state index contributed by atoms with van der Waals surface area (Å²) in [4.78, 5) is 28.5. The second-order valence-corrected chi connectivity index (χ2v) is 7.31. The van der Waals surface area contributed by atoms with Crippen molar-refractivity contribution in [1.29, 1.82) is 0 Å². The molecule has 9 heteroatoms. The number of benzene rings is 1. The summed E-state index contributed by atoms with van der Waals surface area (Å²) in [6, 6.07) is 4.99. The van der Waals surface area contributed by atoms with Crippen LogP contribution in [0.25, 0.3) is 22.5 Å².